The third-order valence-corrected chi connectivity index (χ3v) is 1.01. The second-order valence-electron chi connectivity index (χ2n) is 2.00. The molecule has 11 heavy (non-hydrogen) atoms. The zero-order valence-electron chi connectivity index (χ0n) is 6.67. The molecule has 60 valence electrons. The van der Waals surface area contributed by atoms with Crippen LogP contribution in [0.25, 0.3) is 0 Å². The average Bonchev–Trinajstić information content (AvgIpc) is 1.99. The van der Waals surface area contributed by atoms with Crippen molar-refractivity contribution in [2.75, 3.05) is 6.61 Å². The van der Waals surface area contributed by atoms with E-state index < -0.39 is 0 Å². The highest BCUT2D eigenvalue weighted by atomic mass is 16.5. The maximum absolute atomic E-state index is 10.7. The number of hydrogen-bond donors (Lipinski definition) is 0. The molecule has 0 aliphatic rings. The first-order chi connectivity index (χ1) is 5.31. The second-order valence-corrected chi connectivity index (χ2v) is 2.00. The number of allylic oxidation sites excluding steroid dienone is 1. The molecule has 0 atom stereocenters. The van der Waals surface area contributed by atoms with E-state index in [9.17, 15) is 4.79 Å². The fraction of sp³-hybridized carbons (Fsp3) is 0.444. The Hall–Kier alpha value is -1.23. The summed E-state index contributed by atoms with van der Waals surface area (Å²) in [6.07, 6.45) is 9.37. The van der Waals surface area contributed by atoms with E-state index in [1.807, 2.05) is 6.92 Å². The van der Waals surface area contributed by atoms with Gasteiger partial charge >= 0.3 is 5.97 Å². The summed E-state index contributed by atoms with van der Waals surface area (Å²) in [6, 6.07) is 0. The Morgan fingerprint density at radius 1 is 1.73 bits per heavy atom. The Bertz CT molecular complexity index is 174. The monoisotopic (exact) mass is 152 g/mol. The van der Waals surface area contributed by atoms with E-state index in [4.69, 9.17) is 11.2 Å². The Kier molecular flexibility index (Phi) is 6.11. The molecule has 2 heteroatoms. The Morgan fingerprint density at radius 2 is 2.45 bits per heavy atom. The van der Waals surface area contributed by atoms with E-state index in [1.54, 1.807) is 6.08 Å². The van der Waals surface area contributed by atoms with Crippen LogP contribution in [0.4, 0.5) is 0 Å². The van der Waals surface area contributed by atoms with E-state index in [1.165, 1.54) is 6.08 Å². The minimum absolute atomic E-state index is 0.172. The summed E-state index contributed by atoms with van der Waals surface area (Å²) in [5.41, 5.74) is 0. The molecular formula is C9H12O2. The van der Waals surface area contributed by atoms with Crippen molar-refractivity contribution in [1.29, 1.82) is 0 Å². The predicted molar refractivity (Wildman–Crippen MR) is 43.8 cm³/mol. The maximum atomic E-state index is 10.7. The summed E-state index contributed by atoms with van der Waals surface area (Å²) in [4.78, 5) is 10.7. The number of esters is 1. The van der Waals surface area contributed by atoms with Crippen LogP contribution in [0.3, 0.4) is 0 Å². The van der Waals surface area contributed by atoms with Crippen LogP contribution in [-0.4, -0.2) is 12.6 Å². The van der Waals surface area contributed by atoms with Crippen LogP contribution in [0.2, 0.25) is 0 Å². The van der Waals surface area contributed by atoms with Crippen molar-refractivity contribution in [3.05, 3.63) is 12.2 Å². The first-order valence-electron chi connectivity index (χ1n) is 3.58. The number of ether oxygens (including phenoxy) is 1. The van der Waals surface area contributed by atoms with Crippen molar-refractivity contribution in [3.63, 3.8) is 0 Å². The van der Waals surface area contributed by atoms with Gasteiger partial charge in [-0.25, -0.2) is 0 Å². The van der Waals surface area contributed by atoms with Gasteiger partial charge in [-0.1, -0.05) is 12.8 Å². The molecule has 0 aliphatic carbocycles. The highest BCUT2D eigenvalue weighted by Crippen LogP contribution is 1.90. The molecule has 0 rings (SSSR count). The van der Waals surface area contributed by atoms with Crippen molar-refractivity contribution in [2.45, 2.75) is 19.8 Å². The number of rotatable bonds is 4. The first-order valence-corrected chi connectivity index (χ1v) is 3.58. The molecule has 0 spiro atoms. The van der Waals surface area contributed by atoms with Crippen LogP contribution in [-0.2, 0) is 9.53 Å². The highest BCUT2D eigenvalue weighted by Gasteiger charge is 1.96. The van der Waals surface area contributed by atoms with E-state index in [-0.39, 0.29) is 12.6 Å². The standard InChI is InChI=1S/C9H12O2/c1-3-5-6-8-11-9(10)7-4-2/h1,5-6H,4,7-8H2,2H3. The molecule has 0 saturated heterocycles. The van der Waals surface area contributed by atoms with Gasteiger partial charge in [0.05, 0.1) is 0 Å². The molecule has 0 saturated carbocycles. The van der Waals surface area contributed by atoms with Gasteiger partial charge < -0.3 is 4.74 Å². The van der Waals surface area contributed by atoms with Gasteiger partial charge in [0.2, 0.25) is 0 Å². The van der Waals surface area contributed by atoms with Crippen molar-refractivity contribution >= 4 is 5.97 Å². The van der Waals surface area contributed by atoms with E-state index in [0.29, 0.717) is 6.42 Å². The zero-order chi connectivity index (χ0) is 8.53. The van der Waals surface area contributed by atoms with Gasteiger partial charge in [0, 0.05) is 6.42 Å². The van der Waals surface area contributed by atoms with E-state index in [0.717, 1.165) is 6.42 Å². The molecule has 0 aromatic rings. The fourth-order valence-corrected chi connectivity index (χ4v) is 0.534. The smallest absolute Gasteiger partial charge is 0.306 e. The van der Waals surface area contributed by atoms with Crippen molar-refractivity contribution < 1.29 is 9.53 Å². The fourth-order valence-electron chi connectivity index (χ4n) is 0.534. The molecule has 0 bridgehead atoms. The molecule has 2 nitrogen and oxygen atoms in total. The zero-order valence-corrected chi connectivity index (χ0v) is 6.67. The SMILES string of the molecule is C#CC=CCOC(=O)CCC. The van der Waals surface area contributed by atoms with Crippen LogP contribution in [0, 0.1) is 12.3 Å². The lowest BCUT2D eigenvalue weighted by molar-refractivity contribution is -0.142. The molecule has 0 aromatic heterocycles. The summed E-state index contributed by atoms with van der Waals surface area (Å²) in [6.45, 7) is 2.21. The van der Waals surface area contributed by atoms with Gasteiger partial charge in [-0.15, -0.1) is 6.42 Å². The Morgan fingerprint density at radius 3 is 3.00 bits per heavy atom. The van der Waals surface area contributed by atoms with Gasteiger partial charge in [-0.3, -0.25) is 4.79 Å². The van der Waals surface area contributed by atoms with E-state index in [2.05, 4.69) is 5.92 Å². The van der Waals surface area contributed by atoms with Crippen molar-refractivity contribution in [1.82, 2.24) is 0 Å². The summed E-state index contributed by atoms with van der Waals surface area (Å²) < 4.78 is 4.76. The quantitative estimate of drug-likeness (QED) is 0.451. The molecule has 0 fully saturated rings. The maximum Gasteiger partial charge on any atom is 0.306 e. The number of hydrogen-bond acceptors (Lipinski definition) is 2. The lowest BCUT2D eigenvalue weighted by Crippen LogP contribution is -2.02. The average molecular weight is 152 g/mol. The second kappa shape index (κ2) is 6.88. The number of terminal acetylenes is 1. The van der Waals surface area contributed by atoms with Crippen LogP contribution < -0.4 is 0 Å². The molecule has 0 aliphatic heterocycles. The third-order valence-electron chi connectivity index (χ3n) is 1.01. The highest BCUT2D eigenvalue weighted by molar-refractivity contribution is 5.69. The summed E-state index contributed by atoms with van der Waals surface area (Å²) in [5.74, 6) is 2.13. The third kappa shape index (κ3) is 6.66. The summed E-state index contributed by atoms with van der Waals surface area (Å²) in [7, 11) is 0. The number of carbonyl (C=O) groups is 1. The molecule has 0 radical (unpaired) electrons. The lowest BCUT2D eigenvalue weighted by Gasteiger charge is -1.97. The largest absolute Gasteiger partial charge is 0.461 e. The van der Waals surface area contributed by atoms with Gasteiger partial charge in [-0.05, 0) is 18.6 Å². The molecular weight excluding hydrogens is 140 g/mol. The summed E-state index contributed by atoms with van der Waals surface area (Å²) in [5, 5.41) is 0. The molecule has 0 aromatic carbocycles. The lowest BCUT2D eigenvalue weighted by atomic mass is 10.3. The van der Waals surface area contributed by atoms with Gasteiger partial charge in [0.25, 0.3) is 0 Å². The summed E-state index contributed by atoms with van der Waals surface area (Å²) >= 11 is 0. The van der Waals surface area contributed by atoms with E-state index >= 15 is 0 Å². The van der Waals surface area contributed by atoms with Crippen LogP contribution in [0.1, 0.15) is 19.8 Å². The molecule has 0 heterocycles. The molecule has 0 unspecified atom stereocenters. The number of carbonyl (C=O) groups excluding carboxylic acids is 1. The van der Waals surface area contributed by atoms with Gasteiger partial charge in [0.1, 0.15) is 6.61 Å². The Balaban J connectivity index is 3.33. The van der Waals surface area contributed by atoms with Gasteiger partial charge in [-0.2, -0.15) is 0 Å². The van der Waals surface area contributed by atoms with Crippen LogP contribution >= 0.6 is 0 Å². The Labute approximate surface area is 67.2 Å². The van der Waals surface area contributed by atoms with Gasteiger partial charge in [0.15, 0.2) is 0 Å². The topological polar surface area (TPSA) is 26.3 Å². The van der Waals surface area contributed by atoms with Crippen LogP contribution in [0.15, 0.2) is 12.2 Å². The normalized spacial score (nSPS) is 9.45. The minimum atomic E-state index is -0.172. The van der Waals surface area contributed by atoms with Crippen molar-refractivity contribution in [2.24, 2.45) is 0 Å². The predicted octanol–water partition coefficient (Wildman–Crippen LogP) is 1.52. The molecule has 0 amide bonds. The first kappa shape index (κ1) is 9.77. The van der Waals surface area contributed by atoms with Crippen LogP contribution in [0.5, 0.6) is 0 Å². The minimum Gasteiger partial charge on any atom is -0.461 e. The van der Waals surface area contributed by atoms with Crippen molar-refractivity contribution in [3.8, 4) is 12.3 Å². The molecule has 0 N–H and O–H groups in total.